The van der Waals surface area contributed by atoms with Crippen molar-refractivity contribution in [2.75, 3.05) is 5.43 Å². The maximum absolute atomic E-state index is 10.6. The Labute approximate surface area is 197 Å². The van der Waals surface area contributed by atoms with Crippen molar-refractivity contribution in [2.24, 2.45) is 5.10 Å². The summed E-state index contributed by atoms with van der Waals surface area (Å²) in [5.41, 5.74) is 4.56. The molecule has 0 atom stereocenters. The predicted molar refractivity (Wildman–Crippen MR) is 127 cm³/mol. The minimum atomic E-state index is -0.503. The zero-order valence-electron chi connectivity index (χ0n) is 14.7. The van der Waals surface area contributed by atoms with E-state index in [0.717, 1.165) is 20.1 Å². The quantitative estimate of drug-likeness (QED) is 0.146. The van der Waals surface area contributed by atoms with Crippen molar-refractivity contribution >= 4 is 72.2 Å². The van der Waals surface area contributed by atoms with Crippen LogP contribution in [0.3, 0.4) is 0 Å². The first-order chi connectivity index (χ1) is 13.9. The van der Waals surface area contributed by atoms with Gasteiger partial charge in [-0.15, -0.1) is 0 Å². The third-order valence-corrected chi connectivity index (χ3v) is 5.57. The summed E-state index contributed by atoms with van der Waals surface area (Å²) < 4.78 is 8.68. The van der Waals surface area contributed by atoms with Crippen molar-refractivity contribution in [1.82, 2.24) is 4.98 Å². The number of hydrogen-bond donors (Lipinski definition) is 1. The maximum Gasteiger partial charge on any atom is 0.287 e. The lowest BCUT2D eigenvalue weighted by molar-refractivity contribution is -0.385. The Bertz CT molecular complexity index is 1020. The number of halogens is 3. The summed E-state index contributed by atoms with van der Waals surface area (Å²) in [7, 11) is 0. The summed E-state index contributed by atoms with van der Waals surface area (Å²) in [6, 6.07) is 14.7. The molecule has 0 saturated heterocycles. The van der Waals surface area contributed by atoms with Gasteiger partial charge in [0.15, 0.2) is 0 Å². The number of hydrogen-bond acceptors (Lipinski definition) is 6. The van der Waals surface area contributed by atoms with E-state index >= 15 is 0 Å². The highest BCUT2D eigenvalue weighted by atomic mass is 127. The molecule has 1 aromatic heterocycles. The Kier molecular flexibility index (Phi) is 7.56. The standard InChI is InChI=1S/C19H13Br2IN4O3/c20-16-7-13(9-24-25-18-6-5-15(10-23-18)26(27)28)8-17(21)19(16)29-11-12-1-3-14(22)4-2-12/h1-10H,11H2,(H,23,25)/b24-9+. The molecule has 0 spiro atoms. The number of rotatable bonds is 7. The Morgan fingerprint density at radius 3 is 2.45 bits per heavy atom. The largest absolute Gasteiger partial charge is 0.487 e. The molecule has 0 aliphatic rings. The van der Waals surface area contributed by atoms with Gasteiger partial charge in [-0.25, -0.2) is 4.98 Å². The summed E-state index contributed by atoms with van der Waals surface area (Å²) in [6.07, 6.45) is 2.78. The van der Waals surface area contributed by atoms with Crippen molar-refractivity contribution < 1.29 is 9.66 Å². The van der Waals surface area contributed by atoms with Gasteiger partial charge in [-0.3, -0.25) is 15.5 Å². The Hall–Kier alpha value is -2.05. The lowest BCUT2D eigenvalue weighted by Crippen LogP contribution is -1.98. The highest BCUT2D eigenvalue weighted by Crippen LogP contribution is 2.35. The van der Waals surface area contributed by atoms with E-state index in [4.69, 9.17) is 4.74 Å². The van der Waals surface area contributed by atoms with E-state index in [1.165, 1.54) is 21.9 Å². The zero-order chi connectivity index (χ0) is 20.8. The van der Waals surface area contributed by atoms with E-state index in [2.05, 4.69) is 70.0 Å². The van der Waals surface area contributed by atoms with Gasteiger partial charge in [0.25, 0.3) is 5.69 Å². The summed E-state index contributed by atoms with van der Waals surface area (Å²) in [5.74, 6) is 1.10. The average Bonchev–Trinajstić information content (AvgIpc) is 2.69. The molecule has 0 aliphatic heterocycles. The van der Waals surface area contributed by atoms with E-state index in [0.29, 0.717) is 18.2 Å². The molecule has 1 heterocycles. The van der Waals surface area contributed by atoms with E-state index in [9.17, 15) is 10.1 Å². The van der Waals surface area contributed by atoms with Crippen LogP contribution in [0.1, 0.15) is 11.1 Å². The maximum atomic E-state index is 10.6. The molecule has 2 aromatic carbocycles. The molecular formula is C19H13Br2IN4O3. The molecule has 0 saturated carbocycles. The fourth-order valence-corrected chi connectivity index (χ4v) is 4.07. The SMILES string of the molecule is O=[N+]([O-])c1ccc(N/N=C/c2cc(Br)c(OCc3ccc(I)cc3)c(Br)c2)nc1. The third kappa shape index (κ3) is 6.21. The van der Waals surface area contributed by atoms with Crippen LogP contribution in [0.15, 0.2) is 68.8 Å². The van der Waals surface area contributed by atoms with E-state index < -0.39 is 4.92 Å². The lowest BCUT2D eigenvalue weighted by atomic mass is 10.2. The lowest BCUT2D eigenvalue weighted by Gasteiger charge is -2.11. The van der Waals surface area contributed by atoms with Crippen molar-refractivity contribution in [3.8, 4) is 5.75 Å². The number of nitro groups is 1. The van der Waals surface area contributed by atoms with E-state index in [1.54, 1.807) is 6.21 Å². The van der Waals surface area contributed by atoms with Gasteiger partial charge in [-0.1, -0.05) is 12.1 Å². The molecular weight excluding hydrogens is 619 g/mol. The van der Waals surface area contributed by atoms with Crippen molar-refractivity contribution in [3.63, 3.8) is 0 Å². The van der Waals surface area contributed by atoms with Crippen LogP contribution in [0.4, 0.5) is 11.5 Å². The van der Waals surface area contributed by atoms with Crippen LogP contribution in [0.2, 0.25) is 0 Å². The van der Waals surface area contributed by atoms with Crippen molar-refractivity contribution in [3.05, 3.63) is 88.5 Å². The van der Waals surface area contributed by atoms with Gasteiger partial charge >= 0.3 is 0 Å². The molecule has 148 valence electrons. The number of nitrogens with one attached hydrogen (secondary N) is 1. The second kappa shape index (κ2) is 10.1. The predicted octanol–water partition coefficient (Wildman–Crippen LogP) is 6.14. The topological polar surface area (TPSA) is 89.7 Å². The summed E-state index contributed by atoms with van der Waals surface area (Å²) in [6.45, 7) is 0.453. The van der Waals surface area contributed by atoms with Gasteiger partial charge in [0.1, 0.15) is 24.4 Å². The Morgan fingerprint density at radius 1 is 1.17 bits per heavy atom. The van der Waals surface area contributed by atoms with Crippen LogP contribution < -0.4 is 10.2 Å². The van der Waals surface area contributed by atoms with E-state index in [-0.39, 0.29) is 5.69 Å². The highest BCUT2D eigenvalue weighted by molar-refractivity contribution is 14.1. The molecule has 3 aromatic rings. The minimum absolute atomic E-state index is 0.0757. The number of aromatic nitrogens is 1. The van der Waals surface area contributed by atoms with E-state index in [1.807, 2.05) is 36.4 Å². The first-order valence-corrected chi connectivity index (χ1v) is 10.8. The molecule has 7 nitrogen and oxygen atoms in total. The number of hydrazone groups is 1. The minimum Gasteiger partial charge on any atom is -0.487 e. The third-order valence-electron chi connectivity index (χ3n) is 3.67. The average molecular weight is 632 g/mol. The van der Waals surface area contributed by atoms with Gasteiger partial charge < -0.3 is 4.74 Å². The summed E-state index contributed by atoms with van der Waals surface area (Å²) >= 11 is 9.32. The first-order valence-electron chi connectivity index (χ1n) is 8.18. The van der Waals surface area contributed by atoms with Gasteiger partial charge in [-0.2, -0.15) is 5.10 Å². The fraction of sp³-hybridized carbons (Fsp3) is 0.0526. The zero-order valence-corrected chi connectivity index (χ0v) is 20.0. The normalized spacial score (nSPS) is 10.9. The van der Waals surface area contributed by atoms with Crippen LogP contribution in [0, 0.1) is 13.7 Å². The van der Waals surface area contributed by atoms with Crippen LogP contribution in [-0.2, 0) is 6.61 Å². The smallest absolute Gasteiger partial charge is 0.287 e. The van der Waals surface area contributed by atoms with Gasteiger partial charge in [0, 0.05) is 9.64 Å². The fourth-order valence-electron chi connectivity index (χ4n) is 2.26. The van der Waals surface area contributed by atoms with Crippen LogP contribution >= 0.6 is 54.5 Å². The summed E-state index contributed by atoms with van der Waals surface area (Å²) in [5, 5.41) is 14.7. The molecule has 1 N–H and O–H groups in total. The second-order valence-electron chi connectivity index (χ2n) is 5.76. The van der Waals surface area contributed by atoms with Crippen LogP contribution in [-0.4, -0.2) is 16.1 Å². The van der Waals surface area contributed by atoms with Crippen molar-refractivity contribution in [1.29, 1.82) is 0 Å². The molecule has 3 rings (SSSR count). The molecule has 0 amide bonds. The van der Waals surface area contributed by atoms with Crippen LogP contribution in [0.25, 0.3) is 0 Å². The number of nitrogens with zero attached hydrogens (tertiary/aromatic N) is 3. The Balaban J connectivity index is 1.64. The van der Waals surface area contributed by atoms with Gasteiger partial charge in [-0.05, 0) is 95.9 Å². The number of anilines is 1. The van der Waals surface area contributed by atoms with Gasteiger partial charge in [0.05, 0.1) is 20.1 Å². The Morgan fingerprint density at radius 2 is 1.86 bits per heavy atom. The van der Waals surface area contributed by atoms with Crippen LogP contribution in [0.5, 0.6) is 5.75 Å². The number of benzene rings is 2. The molecule has 0 aliphatic carbocycles. The van der Waals surface area contributed by atoms with Gasteiger partial charge in [0.2, 0.25) is 0 Å². The molecule has 29 heavy (non-hydrogen) atoms. The molecule has 0 fully saturated rings. The van der Waals surface area contributed by atoms with Crippen molar-refractivity contribution in [2.45, 2.75) is 6.61 Å². The molecule has 0 bridgehead atoms. The number of ether oxygens (including phenoxy) is 1. The molecule has 0 radical (unpaired) electrons. The summed E-state index contributed by atoms with van der Waals surface area (Å²) in [4.78, 5) is 14.1. The second-order valence-corrected chi connectivity index (χ2v) is 8.71. The highest BCUT2D eigenvalue weighted by Gasteiger charge is 2.09. The molecule has 10 heteroatoms. The monoisotopic (exact) mass is 630 g/mol. The molecule has 0 unspecified atom stereocenters. The number of pyridine rings is 1. The first kappa shape index (κ1) is 21.7.